The lowest BCUT2D eigenvalue weighted by atomic mass is 10.2. The molecule has 0 N–H and O–H groups in total. The van der Waals surface area contributed by atoms with Crippen molar-refractivity contribution in [3.05, 3.63) is 46.5 Å². The minimum Gasteiger partial charge on any atom is -0.459 e. The van der Waals surface area contributed by atoms with Crippen LogP contribution in [0.1, 0.15) is 21.7 Å². The fourth-order valence-electron chi connectivity index (χ4n) is 2.68. The number of hydrogen-bond acceptors (Lipinski definition) is 4. The Morgan fingerprint density at radius 3 is 2.48 bits per heavy atom. The summed E-state index contributed by atoms with van der Waals surface area (Å²) in [6.07, 6.45) is -2.25. The molecule has 0 atom stereocenters. The maximum Gasteiger partial charge on any atom is 0.417 e. The molecule has 9 heteroatoms. The fourth-order valence-corrected chi connectivity index (χ4v) is 2.96. The number of anilines is 1. The third-order valence-electron chi connectivity index (χ3n) is 4.07. The number of piperazine rings is 1. The summed E-state index contributed by atoms with van der Waals surface area (Å²) in [6, 6.07) is 2.59. The second kappa shape index (κ2) is 6.59. The highest BCUT2D eigenvalue weighted by Crippen LogP contribution is 2.33. The Morgan fingerprint density at radius 2 is 1.96 bits per heavy atom. The molecule has 0 radical (unpaired) electrons. The van der Waals surface area contributed by atoms with E-state index in [1.165, 1.54) is 6.26 Å². The van der Waals surface area contributed by atoms with Gasteiger partial charge in [0.15, 0.2) is 5.76 Å². The summed E-state index contributed by atoms with van der Waals surface area (Å²) >= 11 is 5.97. The van der Waals surface area contributed by atoms with Gasteiger partial charge in [-0.15, -0.1) is 0 Å². The number of pyridine rings is 1. The van der Waals surface area contributed by atoms with E-state index in [9.17, 15) is 18.0 Å². The van der Waals surface area contributed by atoms with Crippen LogP contribution >= 0.6 is 11.6 Å². The topological polar surface area (TPSA) is 49.6 Å². The second-order valence-electron chi connectivity index (χ2n) is 5.74. The van der Waals surface area contributed by atoms with E-state index in [2.05, 4.69) is 4.98 Å². The number of carbonyl (C=O) groups is 1. The minimum atomic E-state index is -4.48. The van der Waals surface area contributed by atoms with E-state index in [4.69, 9.17) is 16.0 Å². The molecule has 2 aromatic heterocycles. The highest BCUT2D eigenvalue weighted by Gasteiger charge is 2.32. The lowest BCUT2D eigenvalue weighted by molar-refractivity contribution is -0.137. The van der Waals surface area contributed by atoms with Crippen LogP contribution < -0.4 is 4.90 Å². The van der Waals surface area contributed by atoms with Crippen molar-refractivity contribution >= 4 is 23.3 Å². The zero-order valence-electron chi connectivity index (χ0n) is 13.3. The summed E-state index contributed by atoms with van der Waals surface area (Å²) in [4.78, 5) is 19.7. The first-order valence-corrected chi connectivity index (χ1v) is 7.96. The smallest absolute Gasteiger partial charge is 0.417 e. The number of nitrogens with zero attached hydrogens (tertiary/aromatic N) is 3. The first-order valence-electron chi connectivity index (χ1n) is 7.58. The van der Waals surface area contributed by atoms with Crippen molar-refractivity contribution in [3.8, 4) is 0 Å². The number of aromatic nitrogens is 1. The molecule has 25 heavy (non-hydrogen) atoms. The lowest BCUT2D eigenvalue weighted by Crippen LogP contribution is -2.49. The monoisotopic (exact) mass is 373 g/mol. The zero-order chi connectivity index (χ0) is 18.2. The fraction of sp³-hybridized carbons (Fsp3) is 0.375. The molecular weight excluding hydrogens is 359 g/mol. The number of carbonyl (C=O) groups excluding carboxylic acids is 1. The summed E-state index contributed by atoms with van der Waals surface area (Å²) in [7, 11) is 0. The minimum absolute atomic E-state index is 0.0588. The Labute approximate surface area is 147 Å². The van der Waals surface area contributed by atoms with E-state index in [0.29, 0.717) is 31.9 Å². The molecule has 0 bridgehead atoms. The van der Waals surface area contributed by atoms with E-state index < -0.39 is 11.7 Å². The summed E-state index contributed by atoms with van der Waals surface area (Å²) in [5, 5.41) is -0.0588. The molecule has 0 aliphatic carbocycles. The van der Waals surface area contributed by atoms with Gasteiger partial charge in [0.05, 0.1) is 16.8 Å². The summed E-state index contributed by atoms with van der Waals surface area (Å²) in [5.41, 5.74) is -0.122. The number of hydrogen-bond donors (Lipinski definition) is 0. The molecule has 0 aromatic carbocycles. The highest BCUT2D eigenvalue weighted by atomic mass is 35.5. The highest BCUT2D eigenvalue weighted by molar-refractivity contribution is 6.33. The van der Waals surface area contributed by atoms with Crippen molar-refractivity contribution in [3.63, 3.8) is 0 Å². The molecule has 1 aliphatic heterocycles. The van der Waals surface area contributed by atoms with Crippen LogP contribution in [0.5, 0.6) is 0 Å². The van der Waals surface area contributed by atoms with Crippen LogP contribution in [0.15, 0.2) is 29.0 Å². The average Bonchev–Trinajstić information content (AvgIpc) is 2.99. The van der Waals surface area contributed by atoms with Gasteiger partial charge in [-0.25, -0.2) is 4.98 Å². The van der Waals surface area contributed by atoms with E-state index in [1.807, 2.05) is 0 Å². The molecule has 0 spiro atoms. The predicted molar refractivity (Wildman–Crippen MR) is 85.8 cm³/mol. The summed E-state index contributed by atoms with van der Waals surface area (Å²) < 4.78 is 43.3. The molecule has 0 saturated carbocycles. The van der Waals surface area contributed by atoms with Crippen LogP contribution in [0, 0.1) is 6.92 Å². The number of aryl methyl sites for hydroxylation is 1. The van der Waals surface area contributed by atoms with Crippen LogP contribution in [-0.2, 0) is 6.18 Å². The molecule has 0 unspecified atom stereocenters. The molecule has 1 fully saturated rings. The molecular formula is C16H15ClF3N3O2. The van der Waals surface area contributed by atoms with Crippen LogP contribution in [0.25, 0.3) is 0 Å². The Bertz CT molecular complexity index is 783. The Morgan fingerprint density at radius 1 is 1.28 bits per heavy atom. The van der Waals surface area contributed by atoms with Gasteiger partial charge >= 0.3 is 6.18 Å². The van der Waals surface area contributed by atoms with Gasteiger partial charge < -0.3 is 14.2 Å². The van der Waals surface area contributed by atoms with Gasteiger partial charge in [0, 0.05) is 37.9 Å². The first-order chi connectivity index (χ1) is 11.8. The van der Waals surface area contributed by atoms with Gasteiger partial charge in [0.2, 0.25) is 0 Å². The molecule has 1 aliphatic rings. The maximum absolute atomic E-state index is 12.7. The third-order valence-corrected chi connectivity index (χ3v) is 4.35. The van der Waals surface area contributed by atoms with Gasteiger partial charge in [-0.05, 0) is 19.1 Å². The van der Waals surface area contributed by atoms with E-state index in [1.54, 1.807) is 22.8 Å². The van der Waals surface area contributed by atoms with E-state index in [-0.39, 0.29) is 16.7 Å². The molecule has 134 valence electrons. The van der Waals surface area contributed by atoms with Crippen LogP contribution in [0.4, 0.5) is 19.0 Å². The number of rotatable bonds is 2. The molecule has 1 saturated heterocycles. The van der Waals surface area contributed by atoms with Crippen molar-refractivity contribution in [2.75, 3.05) is 31.1 Å². The Kier molecular flexibility index (Phi) is 4.64. The molecule has 3 rings (SSSR count). The van der Waals surface area contributed by atoms with Crippen molar-refractivity contribution in [2.24, 2.45) is 0 Å². The normalized spacial score (nSPS) is 15.6. The zero-order valence-corrected chi connectivity index (χ0v) is 14.1. The standard InChI is InChI=1S/C16H15ClF3N3O2/c1-10-2-7-25-13(10)15(24)23-5-3-22(4-6-23)14-12(17)8-11(9-21-14)16(18,19)20/h2,7-9H,3-6H2,1H3. The van der Waals surface area contributed by atoms with Gasteiger partial charge in [-0.2, -0.15) is 13.2 Å². The molecule has 1 amide bonds. The van der Waals surface area contributed by atoms with E-state index >= 15 is 0 Å². The predicted octanol–water partition coefficient (Wildman–Crippen LogP) is 3.62. The molecule has 2 aromatic rings. The van der Waals surface area contributed by atoms with E-state index in [0.717, 1.165) is 17.8 Å². The van der Waals surface area contributed by atoms with Gasteiger partial charge in [-0.1, -0.05) is 11.6 Å². The second-order valence-corrected chi connectivity index (χ2v) is 6.15. The average molecular weight is 374 g/mol. The van der Waals surface area contributed by atoms with Gasteiger partial charge in [0.25, 0.3) is 5.91 Å². The Balaban J connectivity index is 1.68. The Hall–Kier alpha value is -2.22. The largest absolute Gasteiger partial charge is 0.459 e. The van der Waals surface area contributed by atoms with Crippen molar-refractivity contribution in [1.29, 1.82) is 0 Å². The van der Waals surface area contributed by atoms with Crippen LogP contribution in [-0.4, -0.2) is 42.0 Å². The summed E-state index contributed by atoms with van der Waals surface area (Å²) in [6.45, 7) is 3.43. The van der Waals surface area contributed by atoms with Crippen molar-refractivity contribution in [1.82, 2.24) is 9.88 Å². The molecule has 3 heterocycles. The SMILES string of the molecule is Cc1ccoc1C(=O)N1CCN(c2ncc(C(F)(F)F)cc2Cl)CC1. The van der Waals surface area contributed by atoms with Gasteiger partial charge in [0.1, 0.15) is 5.82 Å². The van der Waals surface area contributed by atoms with Gasteiger partial charge in [-0.3, -0.25) is 4.79 Å². The lowest BCUT2D eigenvalue weighted by Gasteiger charge is -2.35. The summed E-state index contributed by atoms with van der Waals surface area (Å²) in [5.74, 6) is 0.392. The van der Waals surface area contributed by atoms with Crippen molar-refractivity contribution in [2.45, 2.75) is 13.1 Å². The number of halogens is 4. The van der Waals surface area contributed by atoms with Crippen LogP contribution in [0.3, 0.4) is 0 Å². The number of alkyl halides is 3. The molecule has 5 nitrogen and oxygen atoms in total. The maximum atomic E-state index is 12.7. The third kappa shape index (κ3) is 3.58. The first kappa shape index (κ1) is 17.6. The van der Waals surface area contributed by atoms with Crippen molar-refractivity contribution < 1.29 is 22.4 Å². The number of furan rings is 1. The van der Waals surface area contributed by atoms with Crippen LogP contribution in [0.2, 0.25) is 5.02 Å². The quantitative estimate of drug-likeness (QED) is 0.806. The number of amides is 1.